The second kappa shape index (κ2) is 12.1. The number of aromatic nitrogens is 4. The monoisotopic (exact) mass is 681 g/mol. The maximum atomic E-state index is 9.57. The molecule has 0 saturated carbocycles. The Labute approximate surface area is 303 Å². The van der Waals surface area contributed by atoms with Crippen molar-refractivity contribution in [2.45, 2.75) is 0 Å². The fourth-order valence-electron chi connectivity index (χ4n) is 7.21. The molecule has 0 fully saturated rings. The number of hydrogen-bond donors (Lipinski definition) is 0. The summed E-state index contributed by atoms with van der Waals surface area (Å²) in [4.78, 5) is 15.2. The van der Waals surface area contributed by atoms with Gasteiger partial charge in [-0.05, 0) is 53.6 Å². The molecule has 0 saturated heterocycles. The standard InChI is InChI=1S/C46H27N5S/c47-28-29-19-21-30(22-20-29)33-25-34(46-49-44(31-11-3-1-4-12-31)48-45(50-46)32-13-5-2-6-14-32)27-35(26-33)51-40-17-9-7-15-36(40)38-23-24-39-37-16-8-10-18-41(37)52-43(39)42(38)51/h1-27H. The minimum absolute atomic E-state index is 0.581. The number of thiophene rings is 1. The largest absolute Gasteiger partial charge is 0.308 e. The molecular weight excluding hydrogens is 655 g/mol. The van der Waals surface area contributed by atoms with E-state index in [1.165, 1.54) is 36.5 Å². The van der Waals surface area contributed by atoms with E-state index in [1.54, 1.807) is 0 Å². The predicted molar refractivity (Wildman–Crippen MR) is 214 cm³/mol. The Hall–Kier alpha value is -6.94. The van der Waals surface area contributed by atoms with Gasteiger partial charge in [0.15, 0.2) is 17.5 Å². The molecule has 52 heavy (non-hydrogen) atoms. The van der Waals surface area contributed by atoms with Gasteiger partial charge in [-0.3, -0.25) is 0 Å². The van der Waals surface area contributed by atoms with E-state index in [0.29, 0.717) is 23.0 Å². The average Bonchev–Trinajstić information content (AvgIpc) is 3.77. The first-order chi connectivity index (χ1) is 25.7. The van der Waals surface area contributed by atoms with Gasteiger partial charge >= 0.3 is 0 Å². The molecule has 0 unspecified atom stereocenters. The van der Waals surface area contributed by atoms with Crippen LogP contribution in [0.4, 0.5) is 0 Å². The highest BCUT2D eigenvalue weighted by Crippen LogP contribution is 2.43. The highest BCUT2D eigenvalue weighted by molar-refractivity contribution is 7.26. The first kappa shape index (κ1) is 29.9. The van der Waals surface area contributed by atoms with Crippen molar-refractivity contribution >= 4 is 53.3 Å². The minimum atomic E-state index is 0.581. The van der Waals surface area contributed by atoms with E-state index < -0.39 is 0 Å². The van der Waals surface area contributed by atoms with Crippen LogP contribution in [0.5, 0.6) is 0 Å². The van der Waals surface area contributed by atoms with E-state index >= 15 is 0 Å². The van der Waals surface area contributed by atoms with Gasteiger partial charge in [0.2, 0.25) is 0 Å². The normalized spacial score (nSPS) is 11.4. The summed E-state index contributed by atoms with van der Waals surface area (Å²) in [6.07, 6.45) is 0. The second-order valence-electron chi connectivity index (χ2n) is 12.8. The van der Waals surface area contributed by atoms with Crippen molar-refractivity contribution in [1.29, 1.82) is 5.26 Å². The van der Waals surface area contributed by atoms with Crippen molar-refractivity contribution in [3.05, 3.63) is 169 Å². The molecule has 3 heterocycles. The Balaban J connectivity index is 1.29. The van der Waals surface area contributed by atoms with Crippen molar-refractivity contribution in [2.75, 3.05) is 0 Å². The molecule has 10 aromatic rings. The Morgan fingerprint density at radius 3 is 1.73 bits per heavy atom. The van der Waals surface area contributed by atoms with Gasteiger partial charge in [0, 0.05) is 48.6 Å². The van der Waals surface area contributed by atoms with Gasteiger partial charge in [-0.25, -0.2) is 15.0 Å². The molecule has 5 nitrogen and oxygen atoms in total. The molecule has 0 aliphatic heterocycles. The summed E-state index contributed by atoms with van der Waals surface area (Å²) in [5, 5.41) is 14.5. The van der Waals surface area contributed by atoms with Crippen LogP contribution in [0.3, 0.4) is 0 Å². The summed E-state index contributed by atoms with van der Waals surface area (Å²) in [7, 11) is 0. The van der Waals surface area contributed by atoms with Gasteiger partial charge in [-0.1, -0.05) is 121 Å². The van der Waals surface area contributed by atoms with Gasteiger partial charge in [-0.15, -0.1) is 11.3 Å². The van der Waals surface area contributed by atoms with Crippen LogP contribution < -0.4 is 0 Å². The van der Waals surface area contributed by atoms with E-state index in [-0.39, 0.29) is 0 Å². The third-order valence-electron chi connectivity index (χ3n) is 9.66. The summed E-state index contributed by atoms with van der Waals surface area (Å²) in [6.45, 7) is 0. The van der Waals surface area contributed by atoms with Gasteiger partial charge in [0.1, 0.15) is 0 Å². The maximum absolute atomic E-state index is 9.57. The predicted octanol–water partition coefficient (Wildman–Crippen LogP) is 11.9. The first-order valence-corrected chi connectivity index (χ1v) is 17.9. The van der Waals surface area contributed by atoms with Gasteiger partial charge in [0.05, 0.1) is 27.4 Å². The number of hydrogen-bond acceptors (Lipinski definition) is 5. The van der Waals surface area contributed by atoms with E-state index in [2.05, 4.69) is 89.5 Å². The van der Waals surface area contributed by atoms with Crippen LogP contribution in [-0.2, 0) is 0 Å². The Kier molecular flexibility index (Phi) is 6.98. The first-order valence-electron chi connectivity index (χ1n) is 17.1. The lowest BCUT2D eigenvalue weighted by Crippen LogP contribution is -2.02. The molecule has 0 aliphatic rings. The number of nitriles is 1. The minimum Gasteiger partial charge on any atom is -0.308 e. The molecule has 7 aromatic carbocycles. The third kappa shape index (κ3) is 4.95. The molecule has 0 aliphatic carbocycles. The van der Waals surface area contributed by atoms with Crippen LogP contribution in [0.25, 0.3) is 93.0 Å². The number of nitrogens with zero attached hydrogens (tertiary/aromatic N) is 5. The Bertz CT molecular complexity index is 2950. The van der Waals surface area contributed by atoms with Gasteiger partial charge in [-0.2, -0.15) is 5.26 Å². The molecule has 0 N–H and O–H groups in total. The van der Waals surface area contributed by atoms with Crippen molar-refractivity contribution in [1.82, 2.24) is 19.5 Å². The fraction of sp³-hybridized carbons (Fsp3) is 0. The topological polar surface area (TPSA) is 67.4 Å². The molecule has 6 heteroatoms. The molecule has 0 radical (unpaired) electrons. The number of rotatable bonds is 5. The summed E-state index contributed by atoms with van der Waals surface area (Å²) in [5.74, 6) is 1.80. The van der Waals surface area contributed by atoms with Crippen LogP contribution in [0.2, 0.25) is 0 Å². The highest BCUT2D eigenvalue weighted by Gasteiger charge is 2.20. The quantitative estimate of drug-likeness (QED) is 0.181. The number of para-hydroxylation sites is 1. The zero-order chi connectivity index (χ0) is 34.6. The highest BCUT2D eigenvalue weighted by atomic mass is 32.1. The number of fused-ring (bicyclic) bond motifs is 7. The van der Waals surface area contributed by atoms with Crippen LogP contribution >= 0.6 is 11.3 Å². The van der Waals surface area contributed by atoms with Crippen LogP contribution in [0, 0.1) is 11.3 Å². The van der Waals surface area contributed by atoms with E-state index in [1.807, 2.05) is 96.3 Å². The smallest absolute Gasteiger partial charge is 0.164 e. The summed E-state index contributed by atoms with van der Waals surface area (Å²) in [6, 6.07) is 58.5. The van der Waals surface area contributed by atoms with Crippen molar-refractivity contribution in [2.24, 2.45) is 0 Å². The third-order valence-corrected chi connectivity index (χ3v) is 10.9. The molecular formula is C46H27N5S. The van der Waals surface area contributed by atoms with Crippen molar-refractivity contribution in [3.63, 3.8) is 0 Å². The molecule has 3 aromatic heterocycles. The summed E-state index contributed by atoms with van der Waals surface area (Å²) in [5.41, 5.74) is 8.60. The molecule has 242 valence electrons. The fourth-order valence-corrected chi connectivity index (χ4v) is 8.45. The molecule has 0 atom stereocenters. The van der Waals surface area contributed by atoms with Crippen LogP contribution in [0.1, 0.15) is 5.56 Å². The van der Waals surface area contributed by atoms with E-state index in [9.17, 15) is 5.26 Å². The summed E-state index contributed by atoms with van der Waals surface area (Å²) < 4.78 is 4.91. The zero-order valence-electron chi connectivity index (χ0n) is 27.7. The number of benzene rings is 7. The lowest BCUT2D eigenvalue weighted by atomic mass is 10.00. The average molecular weight is 682 g/mol. The lowest BCUT2D eigenvalue weighted by Gasteiger charge is -2.15. The van der Waals surface area contributed by atoms with Crippen LogP contribution in [-0.4, -0.2) is 19.5 Å². The molecule has 0 bridgehead atoms. The molecule has 0 amide bonds. The van der Waals surface area contributed by atoms with E-state index in [4.69, 9.17) is 15.0 Å². The lowest BCUT2D eigenvalue weighted by molar-refractivity contribution is 1.07. The van der Waals surface area contributed by atoms with Crippen molar-refractivity contribution < 1.29 is 0 Å². The molecule has 0 spiro atoms. The zero-order valence-corrected chi connectivity index (χ0v) is 28.5. The Morgan fingerprint density at radius 1 is 0.462 bits per heavy atom. The second-order valence-corrected chi connectivity index (χ2v) is 13.8. The molecule has 10 rings (SSSR count). The Morgan fingerprint density at radius 2 is 1.04 bits per heavy atom. The van der Waals surface area contributed by atoms with Gasteiger partial charge in [0.25, 0.3) is 0 Å². The van der Waals surface area contributed by atoms with Gasteiger partial charge < -0.3 is 4.57 Å². The van der Waals surface area contributed by atoms with E-state index in [0.717, 1.165) is 39.0 Å². The SMILES string of the molecule is N#Cc1ccc(-c2cc(-c3nc(-c4ccccc4)nc(-c4ccccc4)n3)cc(-n3c4ccccc4c4ccc5c6ccccc6sc5c43)c2)cc1. The summed E-state index contributed by atoms with van der Waals surface area (Å²) >= 11 is 1.84. The maximum Gasteiger partial charge on any atom is 0.164 e. The van der Waals surface area contributed by atoms with Crippen molar-refractivity contribution in [3.8, 4) is 57.0 Å². The van der Waals surface area contributed by atoms with Crippen LogP contribution in [0.15, 0.2) is 164 Å².